The van der Waals surface area contributed by atoms with Gasteiger partial charge in [0.1, 0.15) is 36.3 Å². The molecule has 6 rings (SSSR count). The molecule has 1 saturated heterocycles. The van der Waals surface area contributed by atoms with Crippen LogP contribution in [0.1, 0.15) is 42.4 Å². The third-order valence-corrected chi connectivity index (χ3v) is 9.66. The molecule has 1 saturated carbocycles. The second-order valence-electron chi connectivity index (χ2n) is 11.5. The summed E-state index contributed by atoms with van der Waals surface area (Å²) in [6.07, 6.45) is 4.12. The number of piperidine rings is 1. The largest absolute Gasteiger partial charge is 0.496 e. The highest BCUT2D eigenvalue weighted by Gasteiger charge is 2.49. The molecular formula is C34H37BrFNO5. The molecule has 222 valence electrons. The molecule has 2 fully saturated rings. The summed E-state index contributed by atoms with van der Waals surface area (Å²) in [6.45, 7) is 2.42. The van der Waals surface area contributed by atoms with E-state index in [2.05, 4.69) is 20.8 Å². The average Bonchev–Trinajstić information content (AvgIpc) is 3.00. The van der Waals surface area contributed by atoms with Crippen LogP contribution in [0.15, 0.2) is 65.1 Å². The summed E-state index contributed by atoms with van der Waals surface area (Å²) in [6, 6.07) is 19.3. The fraction of sp³-hybridized carbons (Fsp3) is 0.412. The van der Waals surface area contributed by atoms with Crippen LogP contribution >= 0.6 is 15.9 Å². The minimum atomic E-state index is -0.254. The highest BCUT2D eigenvalue weighted by atomic mass is 79.9. The Kier molecular flexibility index (Phi) is 8.48. The van der Waals surface area contributed by atoms with Gasteiger partial charge in [-0.3, -0.25) is 0 Å². The van der Waals surface area contributed by atoms with Crippen LogP contribution in [0.3, 0.4) is 0 Å². The number of hydrogen-bond acceptors (Lipinski definition) is 6. The highest BCUT2D eigenvalue weighted by Crippen LogP contribution is 2.55. The normalized spacial score (nSPS) is 18.1. The van der Waals surface area contributed by atoms with Crippen LogP contribution in [0.4, 0.5) is 10.1 Å². The summed E-state index contributed by atoms with van der Waals surface area (Å²) in [4.78, 5) is 2.15. The summed E-state index contributed by atoms with van der Waals surface area (Å²) in [5, 5.41) is 0. The third-order valence-electron chi connectivity index (χ3n) is 9.04. The number of ether oxygens (including phenoxy) is 5. The molecule has 0 amide bonds. The number of methoxy groups -OCH3 is 3. The van der Waals surface area contributed by atoms with E-state index in [-0.39, 0.29) is 12.1 Å². The molecule has 1 spiro atoms. The fourth-order valence-electron chi connectivity index (χ4n) is 6.82. The Labute approximate surface area is 255 Å². The van der Waals surface area contributed by atoms with Crippen molar-refractivity contribution in [1.82, 2.24) is 0 Å². The summed E-state index contributed by atoms with van der Waals surface area (Å²) in [5.41, 5.74) is 4.39. The summed E-state index contributed by atoms with van der Waals surface area (Å²) in [5.74, 6) is 2.21. The Balaban J connectivity index is 1.20. The van der Waals surface area contributed by atoms with Crippen LogP contribution in [-0.2, 0) is 16.1 Å². The van der Waals surface area contributed by atoms with Gasteiger partial charge in [0.05, 0.1) is 12.8 Å². The molecule has 3 aromatic carbocycles. The highest BCUT2D eigenvalue weighted by molar-refractivity contribution is 9.11. The molecule has 42 heavy (non-hydrogen) atoms. The van der Waals surface area contributed by atoms with Crippen LogP contribution in [0, 0.1) is 17.2 Å². The number of anilines is 1. The Bertz CT molecular complexity index is 1440. The van der Waals surface area contributed by atoms with Gasteiger partial charge in [-0.05, 0) is 54.9 Å². The maximum Gasteiger partial charge on any atom is 0.159 e. The number of nitrogens with zero attached hydrogens (tertiary/aromatic N) is 1. The number of fused-ring (bicyclic) bond motifs is 1. The molecule has 0 aromatic heterocycles. The van der Waals surface area contributed by atoms with Crippen LogP contribution in [-0.4, -0.2) is 47.3 Å². The monoisotopic (exact) mass is 637 g/mol. The Morgan fingerprint density at radius 3 is 2.40 bits per heavy atom. The van der Waals surface area contributed by atoms with Crippen LogP contribution in [0.25, 0.3) is 5.57 Å². The molecule has 1 aliphatic carbocycles. The first-order chi connectivity index (χ1) is 20.4. The van der Waals surface area contributed by atoms with E-state index in [0.717, 1.165) is 60.0 Å². The molecule has 2 heterocycles. The number of rotatable bonds is 9. The van der Waals surface area contributed by atoms with Gasteiger partial charge < -0.3 is 28.6 Å². The summed E-state index contributed by atoms with van der Waals surface area (Å²) >= 11 is 3.69. The van der Waals surface area contributed by atoms with Crippen molar-refractivity contribution < 1.29 is 28.1 Å². The van der Waals surface area contributed by atoms with E-state index in [1.165, 1.54) is 0 Å². The lowest BCUT2D eigenvalue weighted by Gasteiger charge is -2.54. The van der Waals surface area contributed by atoms with Gasteiger partial charge in [-0.25, -0.2) is 4.39 Å². The van der Waals surface area contributed by atoms with E-state index in [1.807, 2.05) is 54.6 Å². The van der Waals surface area contributed by atoms with Crippen molar-refractivity contribution in [2.75, 3.05) is 45.9 Å². The Morgan fingerprint density at radius 2 is 1.71 bits per heavy atom. The summed E-state index contributed by atoms with van der Waals surface area (Å²) < 4.78 is 45.6. The molecule has 0 N–H and O–H groups in total. The molecule has 8 heteroatoms. The van der Waals surface area contributed by atoms with E-state index in [4.69, 9.17) is 23.7 Å². The third kappa shape index (κ3) is 5.64. The zero-order chi connectivity index (χ0) is 29.3. The average molecular weight is 639 g/mol. The number of benzene rings is 3. The maximum absolute atomic E-state index is 15.9. The van der Waals surface area contributed by atoms with Crippen LogP contribution in [0.5, 0.6) is 17.2 Å². The standard InChI is InChI=1S/C34H37BrFNO5/c1-38-30-17-29(37-13-11-34(12-14-37)18-23(19-34)33(39-2)40-3)28(36)16-26(30)32-25-10-9-24(15-31(25)42-21-27(32)35)41-20-22-7-5-4-6-8-22/h4-10,15-17,23,33H,11-14,18-21H2,1-3H3. The zero-order valence-corrected chi connectivity index (χ0v) is 25.9. The van der Waals surface area contributed by atoms with E-state index >= 15 is 4.39 Å². The van der Waals surface area contributed by atoms with Crippen molar-refractivity contribution >= 4 is 27.2 Å². The van der Waals surface area contributed by atoms with Crippen molar-refractivity contribution in [3.05, 3.63) is 87.7 Å². The molecule has 0 radical (unpaired) electrons. The first-order valence-corrected chi connectivity index (χ1v) is 15.2. The first-order valence-electron chi connectivity index (χ1n) is 14.4. The smallest absolute Gasteiger partial charge is 0.159 e. The molecular weight excluding hydrogens is 601 g/mol. The van der Waals surface area contributed by atoms with Crippen LogP contribution < -0.4 is 19.1 Å². The topological polar surface area (TPSA) is 49.4 Å². The minimum Gasteiger partial charge on any atom is -0.496 e. The fourth-order valence-corrected chi connectivity index (χ4v) is 7.36. The molecule has 2 aliphatic heterocycles. The van der Waals surface area contributed by atoms with Crippen molar-refractivity contribution in [3.63, 3.8) is 0 Å². The predicted molar refractivity (Wildman–Crippen MR) is 165 cm³/mol. The summed E-state index contributed by atoms with van der Waals surface area (Å²) in [7, 11) is 5.04. The second-order valence-corrected chi connectivity index (χ2v) is 12.5. The number of hydrogen-bond donors (Lipinski definition) is 0. The van der Waals surface area contributed by atoms with Crippen molar-refractivity contribution in [3.8, 4) is 17.2 Å². The molecule has 6 nitrogen and oxygen atoms in total. The maximum atomic E-state index is 15.9. The van der Waals surface area contributed by atoms with Crippen molar-refractivity contribution in [1.29, 1.82) is 0 Å². The van der Waals surface area contributed by atoms with Gasteiger partial charge in [0.15, 0.2) is 6.29 Å². The lowest BCUT2D eigenvalue weighted by Crippen LogP contribution is -2.50. The molecule has 3 aliphatic rings. The van der Waals surface area contributed by atoms with Gasteiger partial charge in [-0.2, -0.15) is 0 Å². The van der Waals surface area contributed by atoms with Gasteiger partial charge in [-0.15, -0.1) is 0 Å². The first kappa shape index (κ1) is 29.0. The lowest BCUT2D eigenvalue weighted by molar-refractivity contribution is -0.184. The van der Waals surface area contributed by atoms with E-state index in [1.54, 1.807) is 27.4 Å². The lowest BCUT2D eigenvalue weighted by atomic mass is 9.57. The molecule has 0 atom stereocenters. The van der Waals surface area contributed by atoms with Gasteiger partial charge in [-0.1, -0.05) is 46.3 Å². The second kappa shape index (κ2) is 12.3. The van der Waals surface area contributed by atoms with E-state index < -0.39 is 0 Å². The Hall–Kier alpha value is -3.07. The van der Waals surface area contributed by atoms with Crippen molar-refractivity contribution in [2.24, 2.45) is 11.3 Å². The zero-order valence-electron chi connectivity index (χ0n) is 24.3. The van der Waals surface area contributed by atoms with E-state index in [9.17, 15) is 0 Å². The SMILES string of the molecule is COc1cc(N2CCC3(CC2)CC(C(OC)OC)C3)c(F)cc1C1=C(Br)COc2cc(OCc3ccccc3)ccc21. The van der Waals surface area contributed by atoms with Crippen molar-refractivity contribution in [2.45, 2.75) is 38.6 Å². The predicted octanol–water partition coefficient (Wildman–Crippen LogP) is 7.58. The van der Waals surface area contributed by atoms with Crippen LogP contribution in [0.2, 0.25) is 0 Å². The number of halogens is 2. The molecule has 3 aromatic rings. The quantitative estimate of drug-likeness (QED) is 0.226. The van der Waals surface area contributed by atoms with Gasteiger partial charge in [0.2, 0.25) is 0 Å². The molecule has 0 bridgehead atoms. The molecule has 0 unspecified atom stereocenters. The van der Waals surface area contributed by atoms with E-state index in [0.29, 0.717) is 53.0 Å². The van der Waals surface area contributed by atoms with Gasteiger partial charge >= 0.3 is 0 Å². The van der Waals surface area contributed by atoms with Gasteiger partial charge in [0.25, 0.3) is 0 Å². The Morgan fingerprint density at radius 1 is 0.976 bits per heavy atom. The van der Waals surface area contributed by atoms with Gasteiger partial charge in [0, 0.05) is 66.5 Å². The minimum absolute atomic E-state index is 0.139.